The molecule has 6 heteroatoms. The van der Waals surface area contributed by atoms with Crippen LogP contribution in [0.3, 0.4) is 0 Å². The summed E-state index contributed by atoms with van der Waals surface area (Å²) < 4.78 is 24.9. The molecule has 1 aromatic heterocycles. The summed E-state index contributed by atoms with van der Waals surface area (Å²) in [5, 5.41) is 7.73. The van der Waals surface area contributed by atoms with Crippen molar-refractivity contribution in [2.24, 2.45) is 0 Å². The van der Waals surface area contributed by atoms with Crippen molar-refractivity contribution in [1.29, 1.82) is 0 Å². The number of nitrogens with zero attached hydrogens (tertiary/aromatic N) is 2. The van der Waals surface area contributed by atoms with Crippen LogP contribution in [0.25, 0.3) is 0 Å². The van der Waals surface area contributed by atoms with Crippen LogP contribution in [0.1, 0.15) is 39.3 Å². The highest BCUT2D eigenvalue weighted by Crippen LogP contribution is 2.22. The molecule has 0 spiro atoms. The van der Waals surface area contributed by atoms with Gasteiger partial charge in [0.2, 0.25) is 0 Å². The molecule has 0 aliphatic heterocycles. The molecule has 1 heterocycles. The summed E-state index contributed by atoms with van der Waals surface area (Å²) in [4.78, 5) is 0.337. The van der Waals surface area contributed by atoms with Crippen LogP contribution in [0, 0.1) is 0 Å². The summed E-state index contributed by atoms with van der Waals surface area (Å²) in [5.74, 6) is 0. The number of hydrogen-bond donors (Lipinski definition) is 1. The van der Waals surface area contributed by atoms with Gasteiger partial charge in [0.05, 0.1) is 22.3 Å². The normalized spacial score (nSPS) is 13.9. The quantitative estimate of drug-likeness (QED) is 0.939. The molecule has 120 valence electrons. The van der Waals surface area contributed by atoms with Crippen LogP contribution in [-0.4, -0.2) is 24.5 Å². The lowest BCUT2D eigenvalue weighted by molar-refractivity contribution is 0.355. The van der Waals surface area contributed by atoms with E-state index in [0.29, 0.717) is 4.90 Å². The van der Waals surface area contributed by atoms with Crippen LogP contribution in [0.5, 0.6) is 0 Å². The first-order valence-corrected chi connectivity index (χ1v) is 9.08. The van der Waals surface area contributed by atoms with Crippen LogP contribution in [-0.2, 0) is 15.4 Å². The van der Waals surface area contributed by atoms with E-state index in [-0.39, 0.29) is 11.6 Å². The molecular formula is C16H23N3O2S. The van der Waals surface area contributed by atoms with Crippen molar-refractivity contribution >= 4 is 15.5 Å². The third kappa shape index (κ3) is 3.88. The zero-order chi connectivity index (χ0) is 16.5. The summed E-state index contributed by atoms with van der Waals surface area (Å²) in [5.41, 5.74) is 1.91. The average molecular weight is 321 g/mol. The maximum atomic E-state index is 11.5. The Hall–Kier alpha value is -1.82. The zero-order valence-corrected chi connectivity index (χ0v) is 14.5. The fraction of sp³-hybridized carbons (Fsp3) is 0.438. The van der Waals surface area contributed by atoms with Crippen LogP contribution < -0.4 is 5.32 Å². The molecule has 2 rings (SSSR count). The molecule has 1 atom stereocenters. The standard InChI is InChI=1S/C16H23N3O2S/c1-12(13-6-8-15(9-7-13)22(5,20)21)18-14-10-17-19(11-14)16(2,3)4/h6-12,18H,1-5H3. The second kappa shape index (κ2) is 5.76. The number of rotatable bonds is 4. The van der Waals surface area contributed by atoms with Crippen molar-refractivity contribution in [3.05, 3.63) is 42.2 Å². The highest BCUT2D eigenvalue weighted by molar-refractivity contribution is 7.90. The first-order valence-electron chi connectivity index (χ1n) is 7.19. The summed E-state index contributed by atoms with van der Waals surface area (Å²) in [7, 11) is -3.15. The van der Waals surface area contributed by atoms with Gasteiger partial charge in [0, 0.05) is 18.5 Å². The smallest absolute Gasteiger partial charge is 0.175 e. The Balaban J connectivity index is 2.12. The number of aromatic nitrogens is 2. The molecule has 0 saturated carbocycles. The average Bonchev–Trinajstić information content (AvgIpc) is 2.86. The lowest BCUT2D eigenvalue weighted by atomic mass is 10.1. The van der Waals surface area contributed by atoms with Gasteiger partial charge < -0.3 is 5.32 Å². The van der Waals surface area contributed by atoms with E-state index in [0.717, 1.165) is 11.3 Å². The molecule has 0 radical (unpaired) electrons. The van der Waals surface area contributed by atoms with Gasteiger partial charge in [-0.3, -0.25) is 4.68 Å². The molecule has 0 bridgehead atoms. The Morgan fingerprint density at radius 1 is 1.18 bits per heavy atom. The van der Waals surface area contributed by atoms with Gasteiger partial charge in [-0.1, -0.05) is 12.1 Å². The predicted octanol–water partition coefficient (Wildman–Crippen LogP) is 3.21. The van der Waals surface area contributed by atoms with Crippen LogP contribution >= 0.6 is 0 Å². The second-order valence-corrected chi connectivity index (χ2v) is 8.57. The molecule has 0 fully saturated rings. The highest BCUT2D eigenvalue weighted by Gasteiger charge is 2.15. The molecule has 22 heavy (non-hydrogen) atoms. The van der Waals surface area contributed by atoms with E-state index in [2.05, 4.69) is 31.2 Å². The van der Waals surface area contributed by atoms with Gasteiger partial charge in [0.1, 0.15) is 0 Å². The topological polar surface area (TPSA) is 64.0 Å². The van der Waals surface area contributed by atoms with Crippen molar-refractivity contribution < 1.29 is 8.42 Å². The minimum Gasteiger partial charge on any atom is -0.376 e. The van der Waals surface area contributed by atoms with E-state index in [4.69, 9.17) is 0 Å². The zero-order valence-electron chi connectivity index (χ0n) is 13.7. The molecule has 1 unspecified atom stereocenters. The van der Waals surface area contributed by atoms with Gasteiger partial charge >= 0.3 is 0 Å². The number of benzene rings is 1. The molecule has 0 saturated heterocycles. The van der Waals surface area contributed by atoms with E-state index in [9.17, 15) is 8.42 Å². The Kier molecular flexibility index (Phi) is 4.33. The molecule has 0 amide bonds. The number of hydrogen-bond acceptors (Lipinski definition) is 4. The van der Waals surface area contributed by atoms with Crippen LogP contribution in [0.2, 0.25) is 0 Å². The summed E-state index contributed by atoms with van der Waals surface area (Å²) in [6.07, 6.45) is 4.98. The third-order valence-electron chi connectivity index (χ3n) is 3.46. The summed E-state index contributed by atoms with van der Waals surface area (Å²) in [6, 6.07) is 7.01. The molecule has 1 aromatic carbocycles. The number of sulfone groups is 1. The number of anilines is 1. The van der Waals surface area contributed by atoms with Crippen LogP contribution in [0.4, 0.5) is 5.69 Å². The maximum absolute atomic E-state index is 11.5. The molecule has 2 aromatic rings. The Bertz CT molecular complexity index is 740. The van der Waals surface area contributed by atoms with Gasteiger partial charge in [0.15, 0.2) is 9.84 Å². The lowest BCUT2D eigenvalue weighted by Crippen LogP contribution is -2.21. The SMILES string of the molecule is CC(Nc1cnn(C(C)(C)C)c1)c1ccc(S(C)(=O)=O)cc1. The van der Waals surface area contributed by atoms with Crippen molar-refractivity contribution in [2.45, 2.75) is 44.2 Å². The minimum atomic E-state index is -3.15. The van der Waals surface area contributed by atoms with Crippen molar-refractivity contribution in [3.8, 4) is 0 Å². The van der Waals surface area contributed by atoms with Gasteiger partial charge in [-0.15, -0.1) is 0 Å². The Morgan fingerprint density at radius 3 is 2.23 bits per heavy atom. The Morgan fingerprint density at radius 2 is 1.77 bits per heavy atom. The largest absolute Gasteiger partial charge is 0.376 e. The van der Waals surface area contributed by atoms with Crippen LogP contribution in [0.15, 0.2) is 41.6 Å². The second-order valence-electron chi connectivity index (χ2n) is 6.55. The molecular weight excluding hydrogens is 298 g/mol. The van der Waals surface area contributed by atoms with E-state index in [1.165, 1.54) is 6.26 Å². The summed E-state index contributed by atoms with van der Waals surface area (Å²) >= 11 is 0. The Labute approximate surface area is 132 Å². The third-order valence-corrected chi connectivity index (χ3v) is 4.59. The van der Waals surface area contributed by atoms with Crippen molar-refractivity contribution in [3.63, 3.8) is 0 Å². The summed E-state index contributed by atoms with van der Waals surface area (Å²) in [6.45, 7) is 8.31. The van der Waals surface area contributed by atoms with Gasteiger partial charge in [0.25, 0.3) is 0 Å². The molecule has 0 aliphatic carbocycles. The lowest BCUT2D eigenvalue weighted by Gasteiger charge is -2.19. The van der Waals surface area contributed by atoms with E-state index >= 15 is 0 Å². The monoisotopic (exact) mass is 321 g/mol. The first-order chi connectivity index (χ1) is 10.1. The maximum Gasteiger partial charge on any atom is 0.175 e. The van der Waals surface area contributed by atoms with Gasteiger partial charge in [-0.05, 0) is 45.4 Å². The molecule has 1 N–H and O–H groups in total. The fourth-order valence-electron chi connectivity index (χ4n) is 2.10. The van der Waals surface area contributed by atoms with Gasteiger partial charge in [-0.25, -0.2) is 8.42 Å². The molecule has 5 nitrogen and oxygen atoms in total. The van der Waals surface area contributed by atoms with Crippen molar-refractivity contribution in [2.75, 3.05) is 11.6 Å². The van der Waals surface area contributed by atoms with Crippen molar-refractivity contribution in [1.82, 2.24) is 9.78 Å². The predicted molar refractivity (Wildman–Crippen MR) is 88.8 cm³/mol. The van der Waals surface area contributed by atoms with Gasteiger partial charge in [-0.2, -0.15) is 5.10 Å². The van der Waals surface area contributed by atoms with E-state index in [1.807, 2.05) is 29.9 Å². The molecule has 0 aliphatic rings. The van der Waals surface area contributed by atoms with E-state index < -0.39 is 9.84 Å². The highest BCUT2D eigenvalue weighted by atomic mass is 32.2. The van der Waals surface area contributed by atoms with E-state index in [1.54, 1.807) is 18.3 Å². The first kappa shape index (κ1) is 16.5. The fourth-order valence-corrected chi connectivity index (χ4v) is 2.73. The number of nitrogens with one attached hydrogen (secondary N) is 1. The minimum absolute atomic E-state index is 0.0553.